The highest BCUT2D eigenvalue weighted by molar-refractivity contribution is 5.40. The summed E-state index contributed by atoms with van der Waals surface area (Å²) in [5, 5.41) is 10.5. The van der Waals surface area contributed by atoms with Gasteiger partial charge >= 0.3 is 0 Å². The number of ether oxygens (including phenoxy) is 3. The largest absolute Gasteiger partial charge is 0.497 e. The van der Waals surface area contributed by atoms with E-state index >= 15 is 0 Å². The van der Waals surface area contributed by atoms with Crippen molar-refractivity contribution in [3.8, 4) is 11.5 Å². The van der Waals surface area contributed by atoms with Crippen LogP contribution in [0.5, 0.6) is 11.5 Å². The standard InChI is InChI=1S/C21H35N3O4/c1-22-7-9-24(10-8-22)16-19(25)17-28-21-14-20(26-2)5-4-18(21)15-23-6-3-12-27-13-11-23/h4-5,14,19,25H,3,6-13,15-17H2,1-2H3/t19-/m1/s1. The van der Waals surface area contributed by atoms with Gasteiger partial charge in [-0.05, 0) is 19.5 Å². The summed E-state index contributed by atoms with van der Waals surface area (Å²) in [5.74, 6) is 1.56. The van der Waals surface area contributed by atoms with Gasteiger partial charge in [-0.1, -0.05) is 6.07 Å². The maximum atomic E-state index is 10.5. The Morgan fingerprint density at radius 1 is 1.07 bits per heavy atom. The van der Waals surface area contributed by atoms with Gasteiger partial charge < -0.3 is 24.2 Å². The fourth-order valence-corrected chi connectivity index (χ4v) is 3.69. The average Bonchev–Trinajstić information content (AvgIpc) is 2.97. The molecular formula is C21H35N3O4. The fraction of sp³-hybridized carbons (Fsp3) is 0.714. The molecule has 2 aliphatic rings. The molecule has 1 aromatic carbocycles. The van der Waals surface area contributed by atoms with Crippen LogP contribution in [-0.2, 0) is 11.3 Å². The maximum absolute atomic E-state index is 10.5. The topological polar surface area (TPSA) is 57.6 Å². The molecule has 2 saturated heterocycles. The van der Waals surface area contributed by atoms with E-state index in [0.29, 0.717) is 6.54 Å². The van der Waals surface area contributed by atoms with Gasteiger partial charge in [-0.3, -0.25) is 9.80 Å². The molecule has 2 aliphatic heterocycles. The summed E-state index contributed by atoms with van der Waals surface area (Å²) >= 11 is 0. The predicted octanol–water partition coefficient (Wildman–Crippen LogP) is 0.905. The van der Waals surface area contributed by atoms with Crippen molar-refractivity contribution in [3.63, 3.8) is 0 Å². The first kappa shape index (κ1) is 21.3. The van der Waals surface area contributed by atoms with Crippen molar-refractivity contribution in [1.82, 2.24) is 14.7 Å². The minimum Gasteiger partial charge on any atom is -0.497 e. The molecule has 0 aromatic heterocycles. The minimum absolute atomic E-state index is 0.287. The van der Waals surface area contributed by atoms with E-state index in [0.717, 1.165) is 82.5 Å². The van der Waals surface area contributed by atoms with E-state index in [1.54, 1.807) is 7.11 Å². The molecular weight excluding hydrogens is 358 g/mol. The number of hydrogen-bond donors (Lipinski definition) is 1. The molecule has 7 heteroatoms. The Kier molecular flexibility index (Phi) is 8.36. The summed E-state index contributed by atoms with van der Waals surface area (Å²) in [7, 11) is 3.80. The summed E-state index contributed by atoms with van der Waals surface area (Å²) in [5.41, 5.74) is 1.12. The number of methoxy groups -OCH3 is 1. The van der Waals surface area contributed by atoms with Gasteiger partial charge in [0.15, 0.2) is 0 Å². The summed E-state index contributed by atoms with van der Waals surface area (Å²) < 4.78 is 17.0. The lowest BCUT2D eigenvalue weighted by atomic mass is 10.1. The lowest BCUT2D eigenvalue weighted by Gasteiger charge is -2.33. The third kappa shape index (κ3) is 6.60. The number of benzene rings is 1. The Morgan fingerprint density at radius 3 is 2.68 bits per heavy atom. The quantitative estimate of drug-likeness (QED) is 0.704. The van der Waals surface area contributed by atoms with Crippen LogP contribution in [0.25, 0.3) is 0 Å². The van der Waals surface area contributed by atoms with Crippen molar-refractivity contribution in [2.75, 3.05) is 79.8 Å². The third-order valence-corrected chi connectivity index (χ3v) is 5.48. The Morgan fingerprint density at radius 2 is 1.89 bits per heavy atom. The van der Waals surface area contributed by atoms with Gasteiger partial charge in [0.25, 0.3) is 0 Å². The molecule has 1 aromatic rings. The lowest BCUT2D eigenvalue weighted by molar-refractivity contribution is 0.0499. The summed E-state index contributed by atoms with van der Waals surface area (Å²) in [6, 6.07) is 5.95. The van der Waals surface area contributed by atoms with Crippen molar-refractivity contribution in [2.24, 2.45) is 0 Å². The summed E-state index contributed by atoms with van der Waals surface area (Å²) in [6.07, 6.45) is 0.546. The van der Waals surface area contributed by atoms with Gasteiger partial charge in [0, 0.05) is 70.6 Å². The van der Waals surface area contributed by atoms with Gasteiger partial charge in [0.2, 0.25) is 0 Å². The van der Waals surface area contributed by atoms with Crippen LogP contribution in [0, 0.1) is 0 Å². The fourth-order valence-electron chi connectivity index (χ4n) is 3.69. The monoisotopic (exact) mass is 393 g/mol. The Labute approximate surface area is 168 Å². The van der Waals surface area contributed by atoms with Gasteiger partial charge in [0.05, 0.1) is 13.7 Å². The molecule has 0 radical (unpaired) electrons. The number of rotatable bonds is 8. The van der Waals surface area contributed by atoms with Gasteiger partial charge in [-0.15, -0.1) is 0 Å². The highest BCUT2D eigenvalue weighted by Gasteiger charge is 2.19. The van der Waals surface area contributed by atoms with E-state index in [1.807, 2.05) is 12.1 Å². The third-order valence-electron chi connectivity index (χ3n) is 5.48. The molecule has 0 unspecified atom stereocenters. The number of β-amino-alcohol motifs (C(OH)–C–C–N with tert-alkyl or cyclic N) is 1. The zero-order valence-corrected chi connectivity index (χ0v) is 17.3. The van der Waals surface area contributed by atoms with E-state index in [1.165, 1.54) is 0 Å². The van der Waals surface area contributed by atoms with Crippen LogP contribution in [0.3, 0.4) is 0 Å². The second-order valence-corrected chi connectivity index (χ2v) is 7.78. The molecule has 0 spiro atoms. The molecule has 2 fully saturated rings. The van der Waals surface area contributed by atoms with Crippen LogP contribution >= 0.6 is 0 Å². The first-order chi connectivity index (χ1) is 13.6. The highest BCUT2D eigenvalue weighted by atomic mass is 16.5. The number of nitrogens with zero attached hydrogens (tertiary/aromatic N) is 3. The predicted molar refractivity (Wildman–Crippen MR) is 109 cm³/mol. The molecule has 1 N–H and O–H groups in total. The zero-order chi connectivity index (χ0) is 19.8. The Hall–Kier alpha value is -1.38. The first-order valence-corrected chi connectivity index (χ1v) is 10.3. The molecule has 1 atom stereocenters. The number of piperazine rings is 1. The SMILES string of the molecule is COc1ccc(CN2CCCOCC2)c(OC[C@H](O)CN2CCN(C)CC2)c1. The smallest absolute Gasteiger partial charge is 0.127 e. The molecule has 7 nitrogen and oxygen atoms in total. The van der Waals surface area contributed by atoms with Gasteiger partial charge in [-0.25, -0.2) is 0 Å². The second-order valence-electron chi connectivity index (χ2n) is 7.78. The summed E-state index contributed by atoms with van der Waals surface area (Å²) in [4.78, 5) is 7.01. The minimum atomic E-state index is -0.506. The Bertz CT molecular complexity index is 585. The van der Waals surface area contributed by atoms with E-state index in [4.69, 9.17) is 14.2 Å². The van der Waals surface area contributed by atoms with Crippen LogP contribution in [0.15, 0.2) is 18.2 Å². The molecule has 0 bridgehead atoms. The highest BCUT2D eigenvalue weighted by Crippen LogP contribution is 2.26. The normalized spacial score (nSPS) is 21.2. The molecule has 0 saturated carbocycles. The van der Waals surface area contributed by atoms with Crippen molar-refractivity contribution < 1.29 is 19.3 Å². The molecule has 158 valence electrons. The van der Waals surface area contributed by atoms with Crippen LogP contribution in [0.1, 0.15) is 12.0 Å². The van der Waals surface area contributed by atoms with Crippen molar-refractivity contribution in [2.45, 2.75) is 19.1 Å². The maximum Gasteiger partial charge on any atom is 0.127 e. The molecule has 0 aliphatic carbocycles. The van der Waals surface area contributed by atoms with Gasteiger partial charge in [-0.2, -0.15) is 0 Å². The van der Waals surface area contributed by atoms with Crippen molar-refractivity contribution in [3.05, 3.63) is 23.8 Å². The van der Waals surface area contributed by atoms with Gasteiger partial charge in [0.1, 0.15) is 24.2 Å². The number of aliphatic hydroxyl groups is 1. The zero-order valence-electron chi connectivity index (χ0n) is 17.3. The lowest BCUT2D eigenvalue weighted by Crippen LogP contribution is -2.47. The van der Waals surface area contributed by atoms with E-state index in [9.17, 15) is 5.11 Å². The first-order valence-electron chi connectivity index (χ1n) is 10.3. The van der Waals surface area contributed by atoms with Crippen LogP contribution in [0.4, 0.5) is 0 Å². The number of likely N-dealkylation sites (N-methyl/N-ethyl adjacent to an activating group) is 1. The van der Waals surface area contributed by atoms with E-state index in [-0.39, 0.29) is 6.61 Å². The molecule has 3 rings (SSSR count). The van der Waals surface area contributed by atoms with Crippen LogP contribution in [-0.4, -0.2) is 106 Å². The van der Waals surface area contributed by atoms with Crippen LogP contribution < -0.4 is 9.47 Å². The van der Waals surface area contributed by atoms with E-state index in [2.05, 4.69) is 27.8 Å². The molecule has 28 heavy (non-hydrogen) atoms. The Balaban J connectivity index is 1.56. The second kappa shape index (κ2) is 11.0. The average molecular weight is 394 g/mol. The number of hydrogen-bond acceptors (Lipinski definition) is 7. The van der Waals surface area contributed by atoms with Crippen molar-refractivity contribution in [1.29, 1.82) is 0 Å². The molecule has 0 amide bonds. The summed E-state index contributed by atoms with van der Waals surface area (Å²) in [6.45, 7) is 9.40. The molecule has 2 heterocycles. The number of aliphatic hydroxyl groups excluding tert-OH is 1. The van der Waals surface area contributed by atoms with Crippen molar-refractivity contribution >= 4 is 0 Å². The van der Waals surface area contributed by atoms with E-state index < -0.39 is 6.10 Å². The van der Waals surface area contributed by atoms with Crippen LogP contribution in [0.2, 0.25) is 0 Å².